The van der Waals surface area contributed by atoms with E-state index in [9.17, 15) is 4.79 Å². The maximum Gasteiger partial charge on any atom is 0.229 e. The van der Waals surface area contributed by atoms with Gasteiger partial charge in [-0.15, -0.1) is 22.9 Å². The molecule has 0 aromatic carbocycles. The van der Waals surface area contributed by atoms with Crippen molar-refractivity contribution in [3.05, 3.63) is 16.1 Å². The molecular formula is C14H23ClN2OS. The predicted octanol–water partition coefficient (Wildman–Crippen LogP) is 3.71. The molecule has 0 radical (unpaired) electrons. The van der Waals surface area contributed by atoms with Crippen molar-refractivity contribution in [2.45, 2.75) is 45.9 Å². The van der Waals surface area contributed by atoms with Crippen molar-refractivity contribution >= 4 is 28.8 Å². The Morgan fingerprint density at radius 2 is 2.11 bits per heavy atom. The fourth-order valence-corrected chi connectivity index (χ4v) is 3.01. The van der Waals surface area contributed by atoms with Gasteiger partial charge in [-0.3, -0.25) is 4.79 Å². The lowest BCUT2D eigenvalue weighted by molar-refractivity contribution is -0.130. The van der Waals surface area contributed by atoms with Crippen molar-refractivity contribution < 1.29 is 4.79 Å². The minimum atomic E-state index is 0.171. The zero-order chi connectivity index (χ0) is 14.3. The minimum Gasteiger partial charge on any atom is -0.342 e. The fourth-order valence-electron chi connectivity index (χ4n) is 2.00. The summed E-state index contributed by atoms with van der Waals surface area (Å²) in [6, 6.07) is 0. The van der Waals surface area contributed by atoms with Crippen molar-refractivity contribution in [3.8, 4) is 0 Å². The van der Waals surface area contributed by atoms with Crippen LogP contribution < -0.4 is 0 Å². The molecule has 0 spiro atoms. The van der Waals surface area contributed by atoms with E-state index in [0.717, 1.165) is 36.6 Å². The van der Waals surface area contributed by atoms with E-state index in [0.29, 0.717) is 18.2 Å². The second-order valence-corrected chi connectivity index (χ2v) is 5.87. The third-order valence-corrected chi connectivity index (χ3v) is 4.58. The van der Waals surface area contributed by atoms with E-state index in [2.05, 4.69) is 18.8 Å². The second kappa shape index (κ2) is 8.54. The van der Waals surface area contributed by atoms with E-state index in [4.69, 9.17) is 11.6 Å². The molecule has 0 aliphatic carbocycles. The van der Waals surface area contributed by atoms with Crippen molar-refractivity contribution in [3.63, 3.8) is 0 Å². The number of hydrogen-bond donors (Lipinski definition) is 0. The molecule has 0 atom stereocenters. The number of carbonyl (C=O) groups excluding carboxylic acids is 1. The Labute approximate surface area is 125 Å². The van der Waals surface area contributed by atoms with Gasteiger partial charge in [-0.2, -0.15) is 0 Å². The minimum absolute atomic E-state index is 0.171. The Hall–Kier alpha value is -0.610. The van der Waals surface area contributed by atoms with Gasteiger partial charge < -0.3 is 4.90 Å². The number of likely N-dealkylation sites (N-methyl/N-ethyl adjacent to an activating group) is 1. The lowest BCUT2D eigenvalue weighted by atomic mass is 10.0. The Kier molecular flexibility index (Phi) is 7.39. The molecular weight excluding hydrogens is 280 g/mol. The van der Waals surface area contributed by atoms with Crippen LogP contribution in [0.3, 0.4) is 0 Å². The summed E-state index contributed by atoms with van der Waals surface area (Å²) >= 11 is 7.24. The fraction of sp³-hybridized carbons (Fsp3) is 0.714. The van der Waals surface area contributed by atoms with E-state index in [-0.39, 0.29) is 5.91 Å². The van der Waals surface area contributed by atoms with Gasteiger partial charge in [0.1, 0.15) is 5.01 Å². The number of amides is 1. The molecule has 3 nitrogen and oxygen atoms in total. The van der Waals surface area contributed by atoms with Crippen LogP contribution in [-0.2, 0) is 17.1 Å². The predicted molar refractivity (Wildman–Crippen MR) is 81.7 cm³/mol. The van der Waals surface area contributed by atoms with Gasteiger partial charge in [-0.05, 0) is 12.8 Å². The highest BCUT2D eigenvalue weighted by molar-refractivity contribution is 7.09. The Morgan fingerprint density at radius 3 is 2.58 bits per heavy atom. The summed E-state index contributed by atoms with van der Waals surface area (Å²) in [5.74, 6) is 1.18. The molecule has 0 aliphatic heterocycles. The molecule has 0 bridgehead atoms. The molecule has 0 saturated heterocycles. The summed E-state index contributed by atoms with van der Waals surface area (Å²) < 4.78 is 0. The first-order valence-corrected chi connectivity index (χ1v) is 8.32. The molecule has 0 fully saturated rings. The van der Waals surface area contributed by atoms with E-state index < -0.39 is 0 Å². The number of thiazole rings is 1. The number of hydrogen-bond acceptors (Lipinski definition) is 3. The van der Waals surface area contributed by atoms with Crippen LogP contribution in [0.4, 0.5) is 0 Å². The molecule has 0 N–H and O–H groups in total. The van der Waals surface area contributed by atoms with Crippen LogP contribution in [0.5, 0.6) is 0 Å². The third kappa shape index (κ3) is 5.11. The quantitative estimate of drug-likeness (QED) is 0.686. The summed E-state index contributed by atoms with van der Waals surface area (Å²) in [6.07, 6.45) is 2.64. The molecule has 0 unspecified atom stereocenters. The van der Waals surface area contributed by atoms with Gasteiger partial charge in [0, 0.05) is 18.5 Å². The first-order chi connectivity index (χ1) is 9.14. The molecule has 1 heterocycles. The maximum absolute atomic E-state index is 12.3. The van der Waals surface area contributed by atoms with Crippen LogP contribution in [0.1, 0.15) is 44.3 Å². The van der Waals surface area contributed by atoms with Crippen LogP contribution in [0.25, 0.3) is 0 Å². The largest absolute Gasteiger partial charge is 0.342 e. The highest BCUT2D eigenvalue weighted by Crippen LogP contribution is 2.15. The number of alkyl halides is 1. The number of nitrogens with zero attached hydrogens (tertiary/aromatic N) is 2. The summed E-state index contributed by atoms with van der Waals surface area (Å²) in [5.41, 5.74) is 0.859. The van der Waals surface area contributed by atoms with Crippen LogP contribution in [-0.4, -0.2) is 28.9 Å². The van der Waals surface area contributed by atoms with Crippen LogP contribution >= 0.6 is 22.9 Å². The lowest BCUT2D eigenvalue weighted by Gasteiger charge is -2.25. The molecule has 0 aliphatic rings. The molecule has 5 heteroatoms. The lowest BCUT2D eigenvalue weighted by Crippen LogP contribution is -2.36. The average Bonchev–Trinajstić information content (AvgIpc) is 2.87. The van der Waals surface area contributed by atoms with Gasteiger partial charge in [0.2, 0.25) is 5.91 Å². The van der Waals surface area contributed by atoms with Gasteiger partial charge in [0.05, 0.1) is 18.0 Å². The number of rotatable bonds is 8. The van der Waals surface area contributed by atoms with E-state index >= 15 is 0 Å². The Morgan fingerprint density at radius 1 is 1.42 bits per heavy atom. The molecule has 1 aromatic heterocycles. The number of carbonyl (C=O) groups is 1. The summed E-state index contributed by atoms with van der Waals surface area (Å²) in [4.78, 5) is 18.6. The Bertz CT molecular complexity index is 391. The standard InChI is InChI=1S/C14H23ClN2OS/c1-4-11(5-2)9-17(6-3)14(18)7-13-16-12(8-15)10-19-13/h10-11H,4-9H2,1-3H3. The van der Waals surface area contributed by atoms with Crippen molar-refractivity contribution in [1.29, 1.82) is 0 Å². The van der Waals surface area contributed by atoms with E-state index in [1.807, 2.05) is 17.2 Å². The molecule has 1 aromatic rings. The molecule has 1 rings (SSSR count). The smallest absolute Gasteiger partial charge is 0.229 e. The first-order valence-electron chi connectivity index (χ1n) is 6.91. The molecule has 0 saturated carbocycles. The Balaban J connectivity index is 2.58. The van der Waals surface area contributed by atoms with Gasteiger partial charge in [0.25, 0.3) is 0 Å². The number of aromatic nitrogens is 1. The van der Waals surface area contributed by atoms with E-state index in [1.165, 1.54) is 11.3 Å². The maximum atomic E-state index is 12.3. The number of halogens is 1. The van der Waals surface area contributed by atoms with Gasteiger partial charge in [0.15, 0.2) is 0 Å². The van der Waals surface area contributed by atoms with E-state index in [1.54, 1.807) is 0 Å². The zero-order valence-corrected chi connectivity index (χ0v) is 13.6. The highest BCUT2D eigenvalue weighted by atomic mass is 35.5. The first kappa shape index (κ1) is 16.4. The molecule has 108 valence electrons. The topological polar surface area (TPSA) is 33.2 Å². The SMILES string of the molecule is CCC(CC)CN(CC)C(=O)Cc1nc(CCl)cs1. The monoisotopic (exact) mass is 302 g/mol. The van der Waals surface area contributed by atoms with Crippen LogP contribution in [0.2, 0.25) is 0 Å². The summed E-state index contributed by atoms with van der Waals surface area (Å²) in [5, 5.41) is 2.79. The second-order valence-electron chi connectivity index (χ2n) is 4.66. The average molecular weight is 303 g/mol. The zero-order valence-electron chi connectivity index (χ0n) is 12.0. The van der Waals surface area contributed by atoms with Crippen molar-refractivity contribution in [2.24, 2.45) is 5.92 Å². The highest BCUT2D eigenvalue weighted by Gasteiger charge is 2.17. The van der Waals surface area contributed by atoms with Crippen molar-refractivity contribution in [2.75, 3.05) is 13.1 Å². The van der Waals surface area contributed by atoms with Crippen molar-refractivity contribution in [1.82, 2.24) is 9.88 Å². The third-order valence-electron chi connectivity index (χ3n) is 3.41. The molecule has 19 heavy (non-hydrogen) atoms. The summed E-state index contributed by atoms with van der Waals surface area (Å²) in [7, 11) is 0. The van der Waals surface area contributed by atoms with Gasteiger partial charge in [-0.25, -0.2) is 4.98 Å². The van der Waals surface area contributed by atoms with Gasteiger partial charge >= 0.3 is 0 Å². The van der Waals surface area contributed by atoms with Crippen LogP contribution in [0.15, 0.2) is 5.38 Å². The summed E-state index contributed by atoms with van der Waals surface area (Å²) in [6.45, 7) is 8.02. The van der Waals surface area contributed by atoms with Crippen LogP contribution in [0, 0.1) is 5.92 Å². The normalized spacial score (nSPS) is 11.0. The molecule has 1 amide bonds. The van der Waals surface area contributed by atoms with Gasteiger partial charge in [-0.1, -0.05) is 26.7 Å².